The number of hydrogen-bond acceptors (Lipinski definition) is 1. The molecule has 0 bridgehead atoms. The minimum atomic E-state index is 0.294. The summed E-state index contributed by atoms with van der Waals surface area (Å²) < 4.78 is 0. The van der Waals surface area contributed by atoms with Gasteiger partial charge in [-0.25, -0.2) is 0 Å². The van der Waals surface area contributed by atoms with Crippen molar-refractivity contribution in [2.75, 3.05) is 0 Å². The zero-order chi connectivity index (χ0) is 15.5. The molecule has 0 heterocycles. The monoisotopic (exact) mass is 300 g/mol. The minimum absolute atomic E-state index is 0.294. The fourth-order valence-corrected chi connectivity index (χ4v) is 7.12. The number of hydrogen-bond donors (Lipinski definition) is 0. The van der Waals surface area contributed by atoms with E-state index in [0.717, 1.165) is 42.4 Å². The Morgan fingerprint density at radius 3 is 2.64 bits per heavy atom. The maximum Gasteiger partial charge on any atom is 0.155 e. The zero-order valence-electron chi connectivity index (χ0n) is 14.6. The summed E-state index contributed by atoms with van der Waals surface area (Å²) in [5.74, 6) is 4.73. The molecule has 0 spiro atoms. The average molecular weight is 300 g/mol. The van der Waals surface area contributed by atoms with Gasteiger partial charge in [0.2, 0.25) is 0 Å². The van der Waals surface area contributed by atoms with E-state index in [1.165, 1.54) is 38.5 Å². The molecule has 0 aromatic carbocycles. The van der Waals surface area contributed by atoms with Crippen LogP contribution in [0, 0.1) is 40.4 Å². The van der Waals surface area contributed by atoms with Crippen molar-refractivity contribution in [3.05, 3.63) is 12.2 Å². The van der Waals surface area contributed by atoms with Crippen LogP contribution in [0.4, 0.5) is 0 Å². The smallest absolute Gasteiger partial charge is 0.155 e. The standard InChI is InChI=1S/C21H32O/c1-14-4-9-18-17-8-6-15-5-7-16(22)10-12-21(15,3)19(17)11-13-20(14,18)2/h10,12,14-15,17-19H,4-9,11,13H2,1-3H3. The molecule has 1 nitrogen and oxygen atoms in total. The van der Waals surface area contributed by atoms with Gasteiger partial charge in [-0.2, -0.15) is 0 Å². The first kappa shape index (κ1) is 15.0. The van der Waals surface area contributed by atoms with Gasteiger partial charge in [-0.3, -0.25) is 4.79 Å². The first-order valence-corrected chi connectivity index (χ1v) is 9.67. The second kappa shape index (κ2) is 4.95. The Hall–Kier alpha value is -0.590. The van der Waals surface area contributed by atoms with E-state index in [0.29, 0.717) is 16.6 Å². The van der Waals surface area contributed by atoms with E-state index in [4.69, 9.17) is 0 Å². The largest absolute Gasteiger partial charge is 0.295 e. The molecule has 22 heavy (non-hydrogen) atoms. The third kappa shape index (κ3) is 1.93. The summed E-state index contributed by atoms with van der Waals surface area (Å²) in [6, 6.07) is 0. The van der Waals surface area contributed by atoms with Crippen molar-refractivity contribution in [2.45, 2.75) is 72.1 Å². The van der Waals surface area contributed by atoms with Crippen LogP contribution in [0.25, 0.3) is 0 Å². The molecule has 0 aliphatic heterocycles. The molecule has 0 aromatic heterocycles. The van der Waals surface area contributed by atoms with Gasteiger partial charge in [0.25, 0.3) is 0 Å². The highest BCUT2D eigenvalue weighted by molar-refractivity contribution is 5.90. The maximum absolute atomic E-state index is 11.9. The van der Waals surface area contributed by atoms with Crippen LogP contribution in [0.3, 0.4) is 0 Å². The number of fused-ring (bicyclic) bond motifs is 5. The van der Waals surface area contributed by atoms with Crippen molar-refractivity contribution >= 4 is 5.78 Å². The topological polar surface area (TPSA) is 17.1 Å². The Morgan fingerprint density at radius 1 is 1.00 bits per heavy atom. The summed E-state index contributed by atoms with van der Waals surface area (Å²) in [6.45, 7) is 7.58. The molecule has 4 rings (SSSR count). The zero-order valence-corrected chi connectivity index (χ0v) is 14.6. The van der Waals surface area contributed by atoms with Crippen LogP contribution in [0.5, 0.6) is 0 Å². The lowest BCUT2D eigenvalue weighted by Gasteiger charge is -2.58. The maximum atomic E-state index is 11.9. The quantitative estimate of drug-likeness (QED) is 0.585. The van der Waals surface area contributed by atoms with Gasteiger partial charge in [0.05, 0.1) is 0 Å². The Labute approximate surface area is 135 Å². The molecule has 0 amide bonds. The molecule has 7 atom stereocenters. The summed E-state index contributed by atoms with van der Waals surface area (Å²) in [4.78, 5) is 11.9. The predicted octanol–water partition coefficient (Wildman–Crippen LogP) is 5.40. The van der Waals surface area contributed by atoms with Crippen molar-refractivity contribution in [3.8, 4) is 0 Å². The van der Waals surface area contributed by atoms with Crippen molar-refractivity contribution < 1.29 is 4.79 Å². The van der Waals surface area contributed by atoms with Crippen LogP contribution in [-0.2, 0) is 4.79 Å². The molecular weight excluding hydrogens is 268 g/mol. The van der Waals surface area contributed by atoms with Gasteiger partial charge in [0.15, 0.2) is 5.78 Å². The van der Waals surface area contributed by atoms with Gasteiger partial charge >= 0.3 is 0 Å². The van der Waals surface area contributed by atoms with E-state index >= 15 is 0 Å². The number of ketones is 1. The lowest BCUT2D eigenvalue weighted by atomic mass is 9.47. The normalized spacial score (nSPS) is 54.3. The van der Waals surface area contributed by atoms with Crippen LogP contribution in [0.1, 0.15) is 72.1 Å². The number of rotatable bonds is 0. The van der Waals surface area contributed by atoms with Crippen LogP contribution in [-0.4, -0.2) is 5.78 Å². The van der Waals surface area contributed by atoms with E-state index in [1.54, 1.807) is 0 Å². The minimum Gasteiger partial charge on any atom is -0.295 e. The molecule has 0 aromatic rings. The molecular formula is C21H32O. The summed E-state index contributed by atoms with van der Waals surface area (Å²) in [5, 5.41) is 0. The Kier molecular flexibility index (Phi) is 3.37. The van der Waals surface area contributed by atoms with E-state index in [-0.39, 0.29) is 0 Å². The molecule has 3 saturated carbocycles. The van der Waals surface area contributed by atoms with Gasteiger partial charge in [-0.1, -0.05) is 26.8 Å². The third-order valence-electron chi connectivity index (χ3n) is 8.81. The van der Waals surface area contributed by atoms with Crippen molar-refractivity contribution in [1.82, 2.24) is 0 Å². The average Bonchev–Trinajstić information content (AvgIpc) is 2.70. The van der Waals surface area contributed by atoms with Gasteiger partial charge in [0.1, 0.15) is 0 Å². The van der Waals surface area contributed by atoms with Crippen LogP contribution >= 0.6 is 0 Å². The summed E-state index contributed by atoms with van der Waals surface area (Å²) in [7, 11) is 0. The first-order chi connectivity index (χ1) is 10.4. The number of carbonyl (C=O) groups excluding carboxylic acids is 1. The number of allylic oxidation sites excluding steroid dienone is 2. The molecule has 0 N–H and O–H groups in total. The van der Waals surface area contributed by atoms with Crippen molar-refractivity contribution in [2.24, 2.45) is 40.4 Å². The molecule has 7 unspecified atom stereocenters. The molecule has 0 radical (unpaired) electrons. The van der Waals surface area contributed by atoms with E-state index in [9.17, 15) is 4.79 Å². The van der Waals surface area contributed by atoms with Crippen LogP contribution in [0.15, 0.2) is 12.2 Å². The van der Waals surface area contributed by atoms with E-state index in [2.05, 4.69) is 26.8 Å². The lowest BCUT2D eigenvalue weighted by molar-refractivity contribution is -0.115. The van der Waals surface area contributed by atoms with Gasteiger partial charge in [0, 0.05) is 6.42 Å². The first-order valence-electron chi connectivity index (χ1n) is 9.67. The molecule has 1 heteroatoms. The molecule has 0 saturated heterocycles. The van der Waals surface area contributed by atoms with Gasteiger partial charge in [-0.15, -0.1) is 0 Å². The SMILES string of the molecule is CC1CCC2C3CCC4CCC(=O)C=CC4(C)C3CCC12C. The van der Waals surface area contributed by atoms with Gasteiger partial charge < -0.3 is 0 Å². The van der Waals surface area contributed by atoms with Gasteiger partial charge in [-0.05, 0) is 91.4 Å². The fourth-order valence-electron chi connectivity index (χ4n) is 7.12. The Balaban J connectivity index is 1.68. The fraction of sp³-hybridized carbons (Fsp3) is 0.857. The Bertz CT molecular complexity index is 506. The molecule has 4 aliphatic carbocycles. The van der Waals surface area contributed by atoms with Crippen LogP contribution < -0.4 is 0 Å². The third-order valence-corrected chi connectivity index (χ3v) is 8.81. The van der Waals surface area contributed by atoms with Crippen LogP contribution in [0.2, 0.25) is 0 Å². The summed E-state index contributed by atoms with van der Waals surface area (Å²) in [6.07, 6.45) is 14.7. The van der Waals surface area contributed by atoms with Crippen molar-refractivity contribution in [1.29, 1.82) is 0 Å². The molecule has 122 valence electrons. The summed E-state index contributed by atoms with van der Waals surface area (Å²) >= 11 is 0. The molecule has 4 aliphatic rings. The lowest BCUT2D eigenvalue weighted by Crippen LogP contribution is -2.50. The highest BCUT2D eigenvalue weighted by atomic mass is 16.1. The number of carbonyl (C=O) groups is 1. The predicted molar refractivity (Wildman–Crippen MR) is 90.4 cm³/mol. The van der Waals surface area contributed by atoms with E-state index < -0.39 is 0 Å². The van der Waals surface area contributed by atoms with Crippen molar-refractivity contribution in [3.63, 3.8) is 0 Å². The van der Waals surface area contributed by atoms with E-state index in [1.807, 2.05) is 6.08 Å². The second-order valence-electron chi connectivity index (χ2n) is 9.38. The summed E-state index contributed by atoms with van der Waals surface area (Å²) in [5.41, 5.74) is 0.900. The Morgan fingerprint density at radius 2 is 1.82 bits per heavy atom. The highest BCUT2D eigenvalue weighted by Gasteiger charge is 2.58. The second-order valence-corrected chi connectivity index (χ2v) is 9.38. The molecule has 3 fully saturated rings. The highest BCUT2D eigenvalue weighted by Crippen LogP contribution is 2.66.